The summed E-state index contributed by atoms with van der Waals surface area (Å²) in [5, 5.41) is 4.40. The van der Waals surface area contributed by atoms with Crippen LogP contribution in [0, 0.1) is 0 Å². The number of nitrogens with two attached hydrogens (primary N) is 1. The van der Waals surface area contributed by atoms with Gasteiger partial charge in [0.2, 0.25) is 11.9 Å². The molecule has 1 fully saturated rings. The Morgan fingerprint density at radius 1 is 1.29 bits per heavy atom. The van der Waals surface area contributed by atoms with E-state index in [1.807, 2.05) is 0 Å². The molecule has 0 bridgehead atoms. The fourth-order valence-corrected chi connectivity index (χ4v) is 1.75. The lowest BCUT2D eigenvalue weighted by atomic mass is 10.4. The minimum absolute atomic E-state index is 0.277. The molecule has 0 unspecified atom stereocenters. The van der Waals surface area contributed by atoms with Crippen LogP contribution < -0.4 is 10.6 Å². The highest BCUT2D eigenvalue weighted by molar-refractivity contribution is 5.36. The molecule has 1 saturated heterocycles. The van der Waals surface area contributed by atoms with Crippen LogP contribution in [-0.2, 0) is 0 Å². The molecule has 14 heavy (non-hydrogen) atoms. The molecule has 2 N–H and O–H groups in total. The molecular weight excluding hydrogens is 178 g/mol. The summed E-state index contributed by atoms with van der Waals surface area (Å²) in [6, 6.07) is 0.277. The normalized spacial score (nSPS) is 16.9. The Morgan fingerprint density at radius 3 is 2.43 bits per heavy atom. The van der Waals surface area contributed by atoms with E-state index >= 15 is 0 Å². The van der Waals surface area contributed by atoms with Gasteiger partial charge in [-0.15, -0.1) is 5.10 Å². The smallest absolute Gasteiger partial charge is 0.246 e. The predicted octanol–water partition coefficient (Wildman–Crippen LogP) is 1.04. The van der Waals surface area contributed by atoms with Crippen LogP contribution in [0.25, 0.3) is 0 Å². The van der Waals surface area contributed by atoms with Gasteiger partial charge in [0, 0.05) is 13.1 Å². The second kappa shape index (κ2) is 3.48. The van der Waals surface area contributed by atoms with Gasteiger partial charge in [-0.2, -0.15) is 4.98 Å². The van der Waals surface area contributed by atoms with E-state index in [1.54, 1.807) is 4.68 Å². The standard InChI is InChI=1S/C9H17N5/c1-7(2)14-8(10)11-9(12-14)13-5-3-4-6-13/h7H,3-6H2,1-2H3,(H2,10,11,12). The van der Waals surface area contributed by atoms with Crippen LogP contribution in [-0.4, -0.2) is 27.9 Å². The maximum atomic E-state index is 5.77. The molecule has 1 aromatic heterocycles. The first kappa shape index (κ1) is 9.30. The van der Waals surface area contributed by atoms with Gasteiger partial charge in [0.1, 0.15) is 0 Å². The van der Waals surface area contributed by atoms with Crippen LogP contribution in [0.3, 0.4) is 0 Å². The lowest BCUT2D eigenvalue weighted by molar-refractivity contribution is 0.539. The summed E-state index contributed by atoms with van der Waals surface area (Å²) in [6.45, 7) is 6.22. The lowest BCUT2D eigenvalue weighted by Gasteiger charge is -2.11. The Bertz CT molecular complexity index is 311. The molecule has 78 valence electrons. The second-order valence-corrected chi connectivity index (χ2v) is 4.00. The summed E-state index contributed by atoms with van der Waals surface area (Å²) < 4.78 is 1.77. The minimum atomic E-state index is 0.277. The molecular formula is C9H17N5. The molecule has 5 heteroatoms. The first-order valence-electron chi connectivity index (χ1n) is 5.15. The SMILES string of the molecule is CC(C)n1nc(N2CCCC2)nc1N. The zero-order valence-electron chi connectivity index (χ0n) is 8.77. The number of nitrogens with zero attached hydrogens (tertiary/aromatic N) is 4. The van der Waals surface area contributed by atoms with Crippen molar-refractivity contribution in [3.63, 3.8) is 0 Å². The third kappa shape index (κ3) is 1.54. The maximum absolute atomic E-state index is 5.77. The fourth-order valence-electron chi connectivity index (χ4n) is 1.75. The van der Waals surface area contributed by atoms with E-state index in [0.717, 1.165) is 19.0 Å². The molecule has 0 amide bonds. The third-order valence-corrected chi connectivity index (χ3v) is 2.52. The van der Waals surface area contributed by atoms with Crippen LogP contribution >= 0.6 is 0 Å². The molecule has 0 aromatic carbocycles. The van der Waals surface area contributed by atoms with Crippen LogP contribution in [0.4, 0.5) is 11.9 Å². The number of aromatic nitrogens is 3. The molecule has 0 radical (unpaired) electrons. The van der Waals surface area contributed by atoms with Crippen molar-refractivity contribution in [2.24, 2.45) is 0 Å². The number of anilines is 2. The summed E-state index contributed by atoms with van der Waals surface area (Å²) in [4.78, 5) is 6.46. The Hall–Kier alpha value is -1.26. The van der Waals surface area contributed by atoms with Gasteiger partial charge >= 0.3 is 0 Å². The topological polar surface area (TPSA) is 60.0 Å². The molecule has 1 aromatic rings. The van der Waals surface area contributed by atoms with E-state index in [9.17, 15) is 0 Å². The van der Waals surface area contributed by atoms with Gasteiger partial charge in [0.25, 0.3) is 0 Å². The van der Waals surface area contributed by atoms with E-state index in [-0.39, 0.29) is 6.04 Å². The van der Waals surface area contributed by atoms with E-state index < -0.39 is 0 Å². The largest absolute Gasteiger partial charge is 0.368 e. The first-order valence-corrected chi connectivity index (χ1v) is 5.15. The zero-order valence-corrected chi connectivity index (χ0v) is 8.77. The van der Waals surface area contributed by atoms with Crippen molar-refractivity contribution in [3.05, 3.63) is 0 Å². The molecule has 0 spiro atoms. The summed E-state index contributed by atoms with van der Waals surface area (Å²) in [7, 11) is 0. The number of hydrogen-bond donors (Lipinski definition) is 1. The van der Waals surface area contributed by atoms with Crippen LogP contribution in [0.2, 0.25) is 0 Å². The number of hydrogen-bond acceptors (Lipinski definition) is 4. The third-order valence-electron chi connectivity index (χ3n) is 2.52. The van der Waals surface area contributed by atoms with Crippen LogP contribution in [0.1, 0.15) is 32.7 Å². The summed E-state index contributed by atoms with van der Waals surface area (Å²) in [5.41, 5.74) is 5.77. The van der Waals surface area contributed by atoms with Crippen LogP contribution in [0.5, 0.6) is 0 Å². The molecule has 5 nitrogen and oxygen atoms in total. The van der Waals surface area contributed by atoms with E-state index in [0.29, 0.717) is 5.95 Å². The average molecular weight is 195 g/mol. The zero-order chi connectivity index (χ0) is 10.1. The lowest BCUT2D eigenvalue weighted by Crippen LogP contribution is -2.19. The predicted molar refractivity (Wildman–Crippen MR) is 56.3 cm³/mol. The Labute approximate surface area is 83.9 Å². The summed E-state index contributed by atoms with van der Waals surface area (Å²) >= 11 is 0. The quantitative estimate of drug-likeness (QED) is 0.766. The van der Waals surface area contributed by atoms with Gasteiger partial charge in [-0.3, -0.25) is 0 Å². The molecule has 1 aliphatic heterocycles. The van der Waals surface area contributed by atoms with Crippen molar-refractivity contribution in [3.8, 4) is 0 Å². The molecule has 1 aliphatic rings. The number of nitrogen functional groups attached to an aromatic ring is 1. The highest BCUT2D eigenvalue weighted by Crippen LogP contribution is 2.19. The van der Waals surface area contributed by atoms with E-state index in [4.69, 9.17) is 5.73 Å². The van der Waals surface area contributed by atoms with Crippen molar-refractivity contribution in [2.75, 3.05) is 23.7 Å². The molecule has 2 heterocycles. The van der Waals surface area contributed by atoms with Crippen molar-refractivity contribution in [2.45, 2.75) is 32.7 Å². The monoisotopic (exact) mass is 195 g/mol. The number of rotatable bonds is 2. The highest BCUT2D eigenvalue weighted by Gasteiger charge is 2.18. The van der Waals surface area contributed by atoms with Gasteiger partial charge in [0.05, 0.1) is 6.04 Å². The van der Waals surface area contributed by atoms with Gasteiger partial charge < -0.3 is 10.6 Å². The summed E-state index contributed by atoms with van der Waals surface area (Å²) in [6.07, 6.45) is 2.46. The fraction of sp³-hybridized carbons (Fsp3) is 0.778. The van der Waals surface area contributed by atoms with Crippen molar-refractivity contribution >= 4 is 11.9 Å². The van der Waals surface area contributed by atoms with Crippen molar-refractivity contribution in [1.29, 1.82) is 0 Å². The Morgan fingerprint density at radius 2 is 1.93 bits per heavy atom. The molecule has 0 atom stereocenters. The molecule has 2 rings (SSSR count). The van der Waals surface area contributed by atoms with Gasteiger partial charge in [-0.25, -0.2) is 4.68 Å². The molecule has 0 saturated carbocycles. The Kier molecular flexibility index (Phi) is 2.31. The summed E-state index contributed by atoms with van der Waals surface area (Å²) in [5.74, 6) is 1.30. The van der Waals surface area contributed by atoms with Gasteiger partial charge in [-0.05, 0) is 26.7 Å². The minimum Gasteiger partial charge on any atom is -0.368 e. The van der Waals surface area contributed by atoms with Gasteiger partial charge in [0.15, 0.2) is 0 Å². The second-order valence-electron chi connectivity index (χ2n) is 4.00. The Balaban J connectivity index is 2.22. The molecule has 0 aliphatic carbocycles. The van der Waals surface area contributed by atoms with E-state index in [2.05, 4.69) is 28.8 Å². The maximum Gasteiger partial charge on any atom is 0.246 e. The highest BCUT2D eigenvalue weighted by atomic mass is 15.5. The van der Waals surface area contributed by atoms with Gasteiger partial charge in [-0.1, -0.05) is 0 Å². The van der Waals surface area contributed by atoms with Crippen LogP contribution in [0.15, 0.2) is 0 Å². The average Bonchev–Trinajstić information content (AvgIpc) is 2.70. The van der Waals surface area contributed by atoms with Crippen molar-refractivity contribution < 1.29 is 0 Å². The van der Waals surface area contributed by atoms with Crippen molar-refractivity contribution in [1.82, 2.24) is 14.8 Å². The first-order chi connectivity index (χ1) is 6.68. The van der Waals surface area contributed by atoms with E-state index in [1.165, 1.54) is 12.8 Å².